The maximum atomic E-state index is 13.1. The van der Waals surface area contributed by atoms with E-state index in [2.05, 4.69) is 15.6 Å². The molecule has 0 spiro atoms. The zero-order chi connectivity index (χ0) is 22.3. The van der Waals surface area contributed by atoms with Crippen LogP contribution in [0.2, 0.25) is 0 Å². The first kappa shape index (κ1) is 23.3. The number of guanidine groups is 1. The van der Waals surface area contributed by atoms with Crippen LogP contribution in [0.3, 0.4) is 0 Å². The molecule has 0 aliphatic carbocycles. The minimum absolute atomic E-state index is 0.252. The molecule has 0 fully saturated rings. The maximum Gasteiger partial charge on any atom is 0.280 e. The van der Waals surface area contributed by atoms with Crippen molar-refractivity contribution in [2.75, 3.05) is 7.11 Å². The van der Waals surface area contributed by atoms with Crippen molar-refractivity contribution in [3.8, 4) is 5.75 Å². The molecular weight excluding hydrogens is 385 g/mol. The molecule has 7 nitrogen and oxygen atoms in total. The first-order valence-electron chi connectivity index (χ1n) is 9.66. The average molecular weight is 416 g/mol. The summed E-state index contributed by atoms with van der Waals surface area (Å²) >= 11 is 0. The predicted molar refractivity (Wildman–Crippen MR) is 117 cm³/mol. The molecule has 162 valence electrons. The fraction of sp³-hybridized carbons (Fsp3) is 0.364. The van der Waals surface area contributed by atoms with Gasteiger partial charge in [0.05, 0.1) is 13.3 Å². The molecule has 8 heteroatoms. The van der Waals surface area contributed by atoms with E-state index in [-0.39, 0.29) is 17.3 Å². The number of benzene rings is 2. The molecule has 30 heavy (non-hydrogen) atoms. The summed E-state index contributed by atoms with van der Waals surface area (Å²) in [5.41, 5.74) is 13.2. The van der Waals surface area contributed by atoms with Gasteiger partial charge in [0.1, 0.15) is 11.6 Å². The maximum absolute atomic E-state index is 13.1. The lowest BCUT2D eigenvalue weighted by atomic mass is 10.0. The van der Waals surface area contributed by atoms with Crippen molar-refractivity contribution in [3.05, 3.63) is 65.5 Å². The standard InChI is InChI=1S/C22H30FN5O2/c1-22(2,3)28-21(27-20(29)15-7-11-17(30-4)12-8-15)26-19(25)13-18(24)14-5-9-16(23)10-6-14/h5-12,18-19H,13,24-25H2,1-4H3,(H2,26,27,28,29). The van der Waals surface area contributed by atoms with Gasteiger partial charge in [-0.2, -0.15) is 4.99 Å². The third kappa shape index (κ3) is 7.46. The van der Waals surface area contributed by atoms with Crippen molar-refractivity contribution >= 4 is 11.9 Å². The van der Waals surface area contributed by atoms with Crippen LogP contribution >= 0.6 is 0 Å². The van der Waals surface area contributed by atoms with Crippen LogP contribution in [0.25, 0.3) is 0 Å². The molecule has 2 aromatic carbocycles. The van der Waals surface area contributed by atoms with Crippen LogP contribution < -0.4 is 26.8 Å². The summed E-state index contributed by atoms with van der Waals surface area (Å²) in [5, 5.41) is 6.18. The highest BCUT2D eigenvalue weighted by Gasteiger charge is 2.18. The zero-order valence-electron chi connectivity index (χ0n) is 17.8. The minimum atomic E-state index is -0.581. The van der Waals surface area contributed by atoms with Crippen LogP contribution in [-0.4, -0.2) is 30.7 Å². The molecule has 0 bridgehead atoms. The number of ether oxygens (including phenoxy) is 1. The largest absolute Gasteiger partial charge is 0.497 e. The molecule has 0 radical (unpaired) electrons. The highest BCUT2D eigenvalue weighted by molar-refractivity contribution is 6.02. The minimum Gasteiger partial charge on any atom is -0.497 e. The van der Waals surface area contributed by atoms with Gasteiger partial charge in [-0.25, -0.2) is 4.39 Å². The lowest BCUT2D eigenvalue weighted by Crippen LogP contribution is -2.54. The number of hydrogen-bond acceptors (Lipinski definition) is 4. The number of carbonyl (C=O) groups is 1. The van der Waals surface area contributed by atoms with Crippen molar-refractivity contribution in [2.24, 2.45) is 16.5 Å². The Morgan fingerprint density at radius 1 is 1.10 bits per heavy atom. The monoisotopic (exact) mass is 415 g/mol. The average Bonchev–Trinajstić information content (AvgIpc) is 2.67. The Kier molecular flexibility index (Phi) is 7.91. The van der Waals surface area contributed by atoms with Crippen LogP contribution in [0.5, 0.6) is 5.75 Å². The number of halogens is 1. The Hall–Kier alpha value is -2.97. The molecule has 2 aromatic rings. The van der Waals surface area contributed by atoms with E-state index >= 15 is 0 Å². The number of nitrogens with two attached hydrogens (primary N) is 2. The summed E-state index contributed by atoms with van der Waals surface area (Å²) in [4.78, 5) is 16.8. The third-order valence-electron chi connectivity index (χ3n) is 4.17. The fourth-order valence-corrected chi connectivity index (χ4v) is 2.71. The van der Waals surface area contributed by atoms with E-state index < -0.39 is 18.1 Å². The summed E-state index contributed by atoms with van der Waals surface area (Å²) in [6.07, 6.45) is -0.227. The number of amides is 1. The van der Waals surface area contributed by atoms with E-state index in [0.29, 0.717) is 17.7 Å². The van der Waals surface area contributed by atoms with E-state index in [1.54, 1.807) is 43.5 Å². The SMILES string of the molecule is COc1ccc(C(=O)/N=C(\NC(N)CC(N)c2ccc(F)cc2)NC(C)(C)C)cc1. The molecular formula is C22H30FN5O2. The lowest BCUT2D eigenvalue weighted by Gasteiger charge is -2.27. The molecule has 0 saturated carbocycles. The van der Waals surface area contributed by atoms with E-state index in [1.165, 1.54) is 12.1 Å². The molecule has 2 rings (SSSR count). The van der Waals surface area contributed by atoms with Crippen LogP contribution in [0.4, 0.5) is 4.39 Å². The van der Waals surface area contributed by atoms with Gasteiger partial charge in [0.25, 0.3) is 5.91 Å². The second kappa shape index (κ2) is 10.2. The van der Waals surface area contributed by atoms with Crippen molar-refractivity contribution in [2.45, 2.75) is 44.9 Å². The molecule has 0 aliphatic heterocycles. The quantitative estimate of drug-likeness (QED) is 0.328. The zero-order valence-corrected chi connectivity index (χ0v) is 17.8. The van der Waals surface area contributed by atoms with Crippen molar-refractivity contribution in [1.82, 2.24) is 10.6 Å². The summed E-state index contributed by atoms with van der Waals surface area (Å²) in [6, 6.07) is 12.2. The van der Waals surface area contributed by atoms with Gasteiger partial charge >= 0.3 is 0 Å². The van der Waals surface area contributed by atoms with Gasteiger partial charge in [-0.3, -0.25) is 4.79 Å². The highest BCUT2D eigenvalue weighted by Crippen LogP contribution is 2.15. The molecule has 1 amide bonds. The Morgan fingerprint density at radius 2 is 1.70 bits per heavy atom. The van der Waals surface area contributed by atoms with Crippen molar-refractivity contribution < 1.29 is 13.9 Å². The number of methoxy groups -OCH3 is 1. The van der Waals surface area contributed by atoms with Gasteiger partial charge < -0.3 is 26.8 Å². The van der Waals surface area contributed by atoms with Gasteiger partial charge in [0, 0.05) is 17.1 Å². The van der Waals surface area contributed by atoms with Crippen LogP contribution in [0.15, 0.2) is 53.5 Å². The van der Waals surface area contributed by atoms with E-state index in [1.807, 2.05) is 20.8 Å². The second-order valence-electron chi connectivity index (χ2n) is 8.01. The fourth-order valence-electron chi connectivity index (χ4n) is 2.71. The smallest absolute Gasteiger partial charge is 0.280 e. The summed E-state index contributed by atoms with van der Waals surface area (Å²) in [6.45, 7) is 5.83. The number of aliphatic imine (C=N–C) groups is 1. The molecule has 0 aliphatic rings. The third-order valence-corrected chi connectivity index (χ3v) is 4.17. The Bertz CT molecular complexity index is 861. The van der Waals surface area contributed by atoms with E-state index in [4.69, 9.17) is 16.2 Å². The molecule has 2 unspecified atom stereocenters. The van der Waals surface area contributed by atoms with Crippen molar-refractivity contribution in [3.63, 3.8) is 0 Å². The Morgan fingerprint density at radius 3 is 2.23 bits per heavy atom. The van der Waals surface area contributed by atoms with Gasteiger partial charge in [0.2, 0.25) is 5.96 Å². The highest BCUT2D eigenvalue weighted by atomic mass is 19.1. The molecule has 0 aromatic heterocycles. The number of nitrogens with one attached hydrogen (secondary N) is 2. The predicted octanol–water partition coefficient (Wildman–Crippen LogP) is 2.68. The topological polar surface area (TPSA) is 115 Å². The van der Waals surface area contributed by atoms with Crippen LogP contribution in [0.1, 0.15) is 49.2 Å². The Labute approximate surface area is 176 Å². The summed E-state index contributed by atoms with van der Waals surface area (Å²) in [5.74, 6) is 0.154. The lowest BCUT2D eigenvalue weighted by molar-refractivity contribution is 0.100. The van der Waals surface area contributed by atoms with Gasteiger partial charge in [-0.15, -0.1) is 0 Å². The van der Waals surface area contributed by atoms with Gasteiger partial charge in [-0.1, -0.05) is 12.1 Å². The summed E-state index contributed by atoms with van der Waals surface area (Å²) in [7, 11) is 1.56. The normalized spacial score (nSPS) is 14.0. The Balaban J connectivity index is 2.11. The first-order chi connectivity index (χ1) is 14.1. The molecule has 2 atom stereocenters. The number of hydrogen-bond donors (Lipinski definition) is 4. The number of nitrogens with zero attached hydrogens (tertiary/aromatic N) is 1. The van der Waals surface area contributed by atoms with Crippen molar-refractivity contribution in [1.29, 1.82) is 0 Å². The first-order valence-corrected chi connectivity index (χ1v) is 9.66. The van der Waals surface area contributed by atoms with E-state index in [9.17, 15) is 9.18 Å². The van der Waals surface area contributed by atoms with Gasteiger partial charge in [0.15, 0.2) is 0 Å². The second-order valence-corrected chi connectivity index (χ2v) is 8.01. The molecule has 0 saturated heterocycles. The van der Waals surface area contributed by atoms with Gasteiger partial charge in [-0.05, 0) is 69.2 Å². The molecule has 6 N–H and O–H groups in total. The number of carbonyl (C=O) groups excluding carboxylic acids is 1. The van der Waals surface area contributed by atoms with Crippen LogP contribution in [-0.2, 0) is 0 Å². The van der Waals surface area contributed by atoms with Crippen LogP contribution in [0, 0.1) is 5.82 Å². The number of rotatable bonds is 6. The summed E-state index contributed by atoms with van der Waals surface area (Å²) < 4.78 is 18.2. The van der Waals surface area contributed by atoms with E-state index in [0.717, 1.165) is 5.56 Å². The molecule has 0 heterocycles.